The third kappa shape index (κ3) is 4.91. The highest BCUT2D eigenvalue weighted by molar-refractivity contribution is 5.93. The van der Waals surface area contributed by atoms with Crippen LogP contribution in [0.4, 0.5) is 4.39 Å². The van der Waals surface area contributed by atoms with E-state index < -0.39 is 18.3 Å². The monoisotopic (exact) mass is 433 g/mol. The van der Waals surface area contributed by atoms with Gasteiger partial charge in [0.1, 0.15) is 17.2 Å². The molecule has 1 amide bonds. The number of esters is 1. The van der Waals surface area contributed by atoms with E-state index in [1.165, 1.54) is 19.2 Å². The molecule has 1 aliphatic rings. The van der Waals surface area contributed by atoms with Crippen molar-refractivity contribution < 1.29 is 23.8 Å². The number of aromatic nitrogens is 3. The first kappa shape index (κ1) is 22.8. The van der Waals surface area contributed by atoms with Crippen LogP contribution in [0.2, 0.25) is 0 Å². The van der Waals surface area contributed by atoms with Crippen LogP contribution in [0.1, 0.15) is 36.5 Å². The first-order valence-electron chi connectivity index (χ1n) is 10.3. The molecular weight excluding hydrogens is 405 g/mol. The van der Waals surface area contributed by atoms with Crippen molar-refractivity contribution in [1.82, 2.24) is 25.2 Å². The average molecular weight is 433 g/mol. The van der Waals surface area contributed by atoms with Gasteiger partial charge in [-0.1, -0.05) is 31.2 Å². The highest BCUT2D eigenvalue weighted by Gasteiger charge is 2.36. The molecule has 1 saturated heterocycles. The third-order valence-corrected chi connectivity index (χ3v) is 5.32. The van der Waals surface area contributed by atoms with Crippen molar-refractivity contribution in [2.24, 2.45) is 11.8 Å². The quantitative estimate of drug-likeness (QED) is 0.631. The molecule has 10 heteroatoms. The van der Waals surface area contributed by atoms with Gasteiger partial charge < -0.3 is 20.1 Å². The van der Waals surface area contributed by atoms with E-state index >= 15 is 0 Å². The summed E-state index contributed by atoms with van der Waals surface area (Å²) in [7, 11) is 1.34. The van der Waals surface area contributed by atoms with Crippen LogP contribution in [0.15, 0.2) is 24.3 Å². The van der Waals surface area contributed by atoms with E-state index in [-0.39, 0.29) is 40.9 Å². The van der Waals surface area contributed by atoms with Crippen LogP contribution in [-0.2, 0) is 16.1 Å². The number of nitrogens with one attached hydrogen (secondary N) is 1. The lowest BCUT2D eigenvalue weighted by Crippen LogP contribution is -2.53. The molecule has 1 fully saturated rings. The van der Waals surface area contributed by atoms with Gasteiger partial charge in [-0.2, -0.15) is 0 Å². The number of benzene rings is 1. The Morgan fingerprint density at radius 1 is 1.35 bits per heavy atom. The molecule has 2 heterocycles. The summed E-state index contributed by atoms with van der Waals surface area (Å²) in [6, 6.07) is 5.67. The van der Waals surface area contributed by atoms with Crippen molar-refractivity contribution in [2.45, 2.75) is 32.9 Å². The molecule has 2 atom stereocenters. The van der Waals surface area contributed by atoms with Gasteiger partial charge in [0, 0.05) is 25.7 Å². The number of nitrogens with zero attached hydrogens (tertiary/aromatic N) is 4. The van der Waals surface area contributed by atoms with Gasteiger partial charge in [0.25, 0.3) is 5.91 Å². The molecule has 168 valence electrons. The van der Waals surface area contributed by atoms with Crippen LogP contribution in [0.5, 0.6) is 0 Å². The molecule has 0 unspecified atom stereocenters. The molecule has 31 heavy (non-hydrogen) atoms. The molecule has 1 aromatic heterocycles. The summed E-state index contributed by atoms with van der Waals surface area (Å²) in [6.45, 7) is 4.86. The lowest BCUT2D eigenvalue weighted by atomic mass is 9.93. The minimum absolute atomic E-state index is 0.0356. The number of para-hydroxylation sites is 1. The summed E-state index contributed by atoms with van der Waals surface area (Å²) in [4.78, 5) is 27.2. The van der Waals surface area contributed by atoms with Crippen molar-refractivity contribution in [1.29, 1.82) is 0 Å². The van der Waals surface area contributed by atoms with Gasteiger partial charge in [0.05, 0.1) is 19.6 Å². The minimum atomic E-state index is -0.544. The van der Waals surface area contributed by atoms with Crippen LogP contribution in [0.25, 0.3) is 5.69 Å². The fourth-order valence-electron chi connectivity index (χ4n) is 3.86. The first-order valence-corrected chi connectivity index (χ1v) is 10.3. The number of amides is 1. The molecule has 2 aromatic rings. The van der Waals surface area contributed by atoms with E-state index in [0.29, 0.717) is 26.1 Å². The van der Waals surface area contributed by atoms with E-state index in [2.05, 4.69) is 15.6 Å². The zero-order valence-corrected chi connectivity index (χ0v) is 17.9. The van der Waals surface area contributed by atoms with E-state index in [1.54, 1.807) is 17.0 Å². The number of aliphatic hydroxyl groups is 1. The number of aliphatic hydroxyl groups excluding tert-OH is 1. The maximum atomic E-state index is 14.3. The fraction of sp³-hybridized carbons (Fsp3) is 0.524. The average Bonchev–Trinajstić information content (AvgIpc) is 3.20. The topological polar surface area (TPSA) is 110 Å². The van der Waals surface area contributed by atoms with E-state index in [9.17, 15) is 19.1 Å². The van der Waals surface area contributed by atoms with Gasteiger partial charge in [-0.25, -0.2) is 9.07 Å². The van der Waals surface area contributed by atoms with Gasteiger partial charge in [-0.05, 0) is 24.5 Å². The molecule has 1 aromatic carbocycles. The number of ether oxygens (including phenoxy) is 1. The zero-order valence-electron chi connectivity index (χ0n) is 17.9. The maximum absolute atomic E-state index is 14.3. The van der Waals surface area contributed by atoms with Crippen molar-refractivity contribution in [3.05, 3.63) is 41.5 Å². The van der Waals surface area contributed by atoms with Crippen LogP contribution >= 0.6 is 0 Å². The summed E-state index contributed by atoms with van der Waals surface area (Å²) in [5, 5.41) is 21.0. The van der Waals surface area contributed by atoms with E-state index in [1.807, 2.05) is 13.8 Å². The van der Waals surface area contributed by atoms with E-state index in [4.69, 9.17) is 4.74 Å². The summed E-state index contributed by atoms with van der Waals surface area (Å²) in [6.07, 6.45) is 0.452. The molecule has 3 rings (SSSR count). The first-order chi connectivity index (χ1) is 14.9. The molecular formula is C21H28FN5O4. The van der Waals surface area contributed by atoms with Crippen molar-refractivity contribution >= 4 is 11.9 Å². The normalized spacial score (nSPS) is 18.8. The third-order valence-electron chi connectivity index (χ3n) is 5.32. The van der Waals surface area contributed by atoms with Gasteiger partial charge in [-0.3, -0.25) is 9.59 Å². The molecule has 0 radical (unpaired) electrons. The second kappa shape index (κ2) is 9.97. The number of carbonyl (C=O) groups is 2. The molecule has 9 nitrogen and oxygen atoms in total. The lowest BCUT2D eigenvalue weighted by molar-refractivity contribution is -0.146. The zero-order chi connectivity index (χ0) is 22.5. The molecule has 0 aliphatic carbocycles. The number of piperidine rings is 1. The van der Waals surface area contributed by atoms with Crippen LogP contribution in [0.3, 0.4) is 0 Å². The van der Waals surface area contributed by atoms with Crippen LogP contribution in [-0.4, -0.2) is 69.7 Å². The van der Waals surface area contributed by atoms with Crippen LogP contribution < -0.4 is 5.32 Å². The van der Waals surface area contributed by atoms with E-state index in [0.717, 1.165) is 4.68 Å². The maximum Gasteiger partial charge on any atom is 0.310 e. The number of halogens is 1. The molecule has 0 bridgehead atoms. The number of methoxy groups -OCH3 is 1. The second-order valence-corrected chi connectivity index (χ2v) is 8.03. The summed E-state index contributed by atoms with van der Waals surface area (Å²) in [5.74, 6) is -1.50. The predicted molar refractivity (Wildman–Crippen MR) is 110 cm³/mol. The molecule has 0 spiro atoms. The molecule has 2 N–H and O–H groups in total. The predicted octanol–water partition coefficient (Wildman–Crippen LogP) is 1.15. The van der Waals surface area contributed by atoms with Crippen molar-refractivity contribution in [3.8, 4) is 5.69 Å². The standard InChI is InChI=1S/C21H28FN5O4/c1-13(2)11-26(15-8-14(9-23-10-15)21(30)31-3)20(29)19-18(12-28)27(25-24-19)17-7-5-4-6-16(17)22/h4-7,13-15,23,28H,8-12H2,1-3H3/t14-,15+/m1/s1. The SMILES string of the molecule is COC(=O)[C@H]1CNC[C@@H](N(CC(C)C)C(=O)c2nnn(-c3ccccc3F)c2CO)C1. The number of hydrogen-bond acceptors (Lipinski definition) is 7. The minimum Gasteiger partial charge on any atom is -0.469 e. The number of hydrogen-bond donors (Lipinski definition) is 2. The summed E-state index contributed by atoms with van der Waals surface area (Å²) in [5.41, 5.74) is 0.169. The number of rotatable bonds is 7. The highest BCUT2D eigenvalue weighted by Crippen LogP contribution is 2.23. The summed E-state index contributed by atoms with van der Waals surface area (Å²) < 4.78 is 20.3. The Labute approximate surface area is 180 Å². The van der Waals surface area contributed by atoms with Gasteiger partial charge in [0.2, 0.25) is 0 Å². The Bertz CT molecular complexity index is 932. The molecule has 0 saturated carbocycles. The Kier molecular flexibility index (Phi) is 7.34. The molecule has 1 aliphatic heterocycles. The fourth-order valence-corrected chi connectivity index (χ4v) is 3.86. The van der Waals surface area contributed by atoms with Gasteiger partial charge in [0.15, 0.2) is 5.69 Å². The second-order valence-electron chi connectivity index (χ2n) is 8.03. The van der Waals surface area contributed by atoms with Crippen molar-refractivity contribution in [3.63, 3.8) is 0 Å². The number of carbonyl (C=O) groups excluding carboxylic acids is 2. The van der Waals surface area contributed by atoms with Gasteiger partial charge in [-0.15, -0.1) is 5.10 Å². The Balaban J connectivity index is 1.94. The Morgan fingerprint density at radius 2 is 2.10 bits per heavy atom. The largest absolute Gasteiger partial charge is 0.469 e. The Morgan fingerprint density at radius 3 is 2.74 bits per heavy atom. The van der Waals surface area contributed by atoms with Crippen molar-refractivity contribution in [2.75, 3.05) is 26.7 Å². The highest BCUT2D eigenvalue weighted by atomic mass is 19.1. The smallest absolute Gasteiger partial charge is 0.310 e. The summed E-state index contributed by atoms with van der Waals surface area (Å²) >= 11 is 0. The van der Waals surface area contributed by atoms with Crippen LogP contribution in [0, 0.1) is 17.7 Å². The van der Waals surface area contributed by atoms with Gasteiger partial charge >= 0.3 is 5.97 Å². The Hall–Kier alpha value is -2.85. The lowest BCUT2D eigenvalue weighted by Gasteiger charge is -2.37.